The normalized spacial score (nSPS) is 23.0. The summed E-state index contributed by atoms with van der Waals surface area (Å²) in [5.74, 6) is 0.372. The van der Waals surface area contributed by atoms with Crippen LogP contribution in [0, 0.1) is 5.92 Å². The maximum Gasteiger partial charge on any atom is 0.214 e. The van der Waals surface area contributed by atoms with Crippen LogP contribution in [0.3, 0.4) is 0 Å². The number of rotatable bonds is 9. The third kappa shape index (κ3) is 5.48. The second kappa shape index (κ2) is 9.21. The van der Waals surface area contributed by atoms with Crippen LogP contribution in [0.25, 0.3) is 0 Å². The lowest BCUT2D eigenvalue weighted by molar-refractivity contribution is 0.0376. The summed E-state index contributed by atoms with van der Waals surface area (Å²) in [4.78, 5) is 2.35. The molecule has 0 aromatic rings. The number of hydrogen-bond donors (Lipinski definition) is 1. The van der Waals surface area contributed by atoms with Crippen molar-refractivity contribution in [1.82, 2.24) is 9.62 Å². The van der Waals surface area contributed by atoms with Crippen molar-refractivity contribution in [2.75, 3.05) is 39.4 Å². The molecule has 1 saturated carbocycles. The zero-order valence-electron chi connectivity index (χ0n) is 13.9. The second-order valence-electron chi connectivity index (χ2n) is 6.62. The molecule has 1 aliphatic heterocycles. The molecule has 22 heavy (non-hydrogen) atoms. The number of ether oxygens (including phenoxy) is 1. The molecule has 1 heterocycles. The molecule has 1 saturated heterocycles. The summed E-state index contributed by atoms with van der Waals surface area (Å²) in [6.45, 7) is 7.12. The molecular weight excluding hydrogens is 300 g/mol. The van der Waals surface area contributed by atoms with Crippen molar-refractivity contribution in [3.63, 3.8) is 0 Å². The van der Waals surface area contributed by atoms with Crippen LogP contribution in [0.5, 0.6) is 0 Å². The van der Waals surface area contributed by atoms with Gasteiger partial charge in [-0.05, 0) is 38.1 Å². The van der Waals surface area contributed by atoms with Gasteiger partial charge in [0.2, 0.25) is 10.0 Å². The Hall–Kier alpha value is -0.170. The highest BCUT2D eigenvalue weighted by Gasteiger charge is 2.33. The zero-order valence-corrected chi connectivity index (χ0v) is 14.7. The maximum atomic E-state index is 12.6. The Morgan fingerprint density at radius 3 is 2.55 bits per heavy atom. The maximum absolute atomic E-state index is 12.6. The summed E-state index contributed by atoms with van der Waals surface area (Å²) < 4.78 is 33.4. The first-order valence-corrected chi connectivity index (χ1v) is 10.5. The lowest BCUT2D eigenvalue weighted by Crippen LogP contribution is -2.41. The third-order valence-corrected chi connectivity index (χ3v) is 6.98. The van der Waals surface area contributed by atoms with Crippen LogP contribution in [0.1, 0.15) is 51.9 Å². The first kappa shape index (κ1) is 18.2. The van der Waals surface area contributed by atoms with E-state index in [0.717, 1.165) is 65.0 Å². The molecule has 2 fully saturated rings. The van der Waals surface area contributed by atoms with Gasteiger partial charge in [0.15, 0.2) is 0 Å². The van der Waals surface area contributed by atoms with E-state index in [1.54, 1.807) is 0 Å². The number of hydrogen-bond acceptors (Lipinski definition) is 4. The van der Waals surface area contributed by atoms with Crippen LogP contribution in [-0.4, -0.2) is 58.0 Å². The number of nitrogens with zero attached hydrogens (tertiary/aromatic N) is 1. The monoisotopic (exact) mass is 332 g/mol. The topological polar surface area (TPSA) is 58.6 Å². The fourth-order valence-corrected chi connectivity index (χ4v) is 5.67. The van der Waals surface area contributed by atoms with Gasteiger partial charge in [-0.25, -0.2) is 13.1 Å². The number of morpholine rings is 1. The van der Waals surface area contributed by atoms with Gasteiger partial charge < -0.3 is 4.74 Å². The van der Waals surface area contributed by atoms with Gasteiger partial charge in [-0.3, -0.25) is 4.90 Å². The largest absolute Gasteiger partial charge is 0.379 e. The van der Waals surface area contributed by atoms with E-state index >= 15 is 0 Å². The van der Waals surface area contributed by atoms with E-state index in [9.17, 15) is 8.42 Å². The van der Waals surface area contributed by atoms with E-state index < -0.39 is 10.0 Å². The second-order valence-corrected chi connectivity index (χ2v) is 8.60. The van der Waals surface area contributed by atoms with Crippen molar-refractivity contribution in [3.8, 4) is 0 Å². The van der Waals surface area contributed by atoms with E-state index in [0.29, 0.717) is 12.5 Å². The summed E-state index contributed by atoms with van der Waals surface area (Å²) >= 11 is 0. The molecule has 2 aliphatic rings. The standard InChI is InChI=1S/C16H32N2O3S/c1-2-6-16(15-7-3-4-8-15)22(19,20)17-9-5-10-18-11-13-21-14-12-18/h15-17H,2-14H2,1H3. The van der Waals surface area contributed by atoms with Crippen LogP contribution in [0.2, 0.25) is 0 Å². The van der Waals surface area contributed by atoms with Gasteiger partial charge in [-0.1, -0.05) is 26.2 Å². The van der Waals surface area contributed by atoms with Crippen LogP contribution < -0.4 is 4.72 Å². The Kier molecular flexibility index (Phi) is 7.60. The lowest BCUT2D eigenvalue weighted by Gasteiger charge is -2.27. The summed E-state index contributed by atoms with van der Waals surface area (Å²) in [6, 6.07) is 0. The molecular formula is C16H32N2O3S. The van der Waals surface area contributed by atoms with E-state index in [1.165, 1.54) is 12.8 Å². The predicted octanol–water partition coefficient (Wildman–Crippen LogP) is 1.99. The summed E-state index contributed by atoms with van der Waals surface area (Å²) in [6.07, 6.45) is 7.16. The molecule has 0 radical (unpaired) electrons. The van der Waals surface area contributed by atoms with Gasteiger partial charge in [-0.2, -0.15) is 0 Å². The highest BCUT2D eigenvalue weighted by molar-refractivity contribution is 7.90. The fourth-order valence-electron chi connectivity index (χ4n) is 3.71. The molecule has 0 bridgehead atoms. The fraction of sp³-hybridized carbons (Fsp3) is 1.00. The SMILES string of the molecule is CCCC(C1CCCC1)S(=O)(=O)NCCCN1CCOCC1. The average molecular weight is 333 g/mol. The van der Waals surface area contributed by atoms with Crippen LogP contribution in [0.4, 0.5) is 0 Å². The summed E-state index contributed by atoms with van der Waals surface area (Å²) in [7, 11) is -3.16. The quantitative estimate of drug-likeness (QED) is 0.656. The Morgan fingerprint density at radius 1 is 1.23 bits per heavy atom. The Morgan fingerprint density at radius 2 is 1.91 bits per heavy atom. The van der Waals surface area contributed by atoms with Crippen molar-refractivity contribution >= 4 is 10.0 Å². The number of nitrogens with one attached hydrogen (secondary N) is 1. The first-order chi connectivity index (χ1) is 10.6. The van der Waals surface area contributed by atoms with Crippen molar-refractivity contribution < 1.29 is 13.2 Å². The first-order valence-electron chi connectivity index (χ1n) is 8.92. The van der Waals surface area contributed by atoms with E-state index in [1.807, 2.05) is 0 Å². The van der Waals surface area contributed by atoms with E-state index in [4.69, 9.17) is 4.74 Å². The molecule has 1 aliphatic carbocycles. The Labute approximate surface area is 135 Å². The minimum absolute atomic E-state index is 0.177. The Bertz CT molecular complexity index is 402. The minimum Gasteiger partial charge on any atom is -0.379 e. The van der Waals surface area contributed by atoms with Gasteiger partial charge in [-0.15, -0.1) is 0 Å². The van der Waals surface area contributed by atoms with Gasteiger partial charge in [0.25, 0.3) is 0 Å². The highest BCUT2D eigenvalue weighted by atomic mass is 32.2. The van der Waals surface area contributed by atoms with Crippen LogP contribution >= 0.6 is 0 Å². The van der Waals surface area contributed by atoms with Crippen molar-refractivity contribution in [2.45, 2.75) is 57.1 Å². The molecule has 1 atom stereocenters. The van der Waals surface area contributed by atoms with E-state index in [2.05, 4.69) is 16.5 Å². The van der Waals surface area contributed by atoms with Crippen LogP contribution in [0.15, 0.2) is 0 Å². The summed E-state index contributed by atoms with van der Waals surface area (Å²) in [5.41, 5.74) is 0. The van der Waals surface area contributed by atoms with Gasteiger partial charge in [0.05, 0.1) is 18.5 Å². The lowest BCUT2D eigenvalue weighted by atomic mass is 10.0. The van der Waals surface area contributed by atoms with Crippen LogP contribution in [-0.2, 0) is 14.8 Å². The van der Waals surface area contributed by atoms with Crippen molar-refractivity contribution in [3.05, 3.63) is 0 Å². The minimum atomic E-state index is -3.16. The van der Waals surface area contributed by atoms with Crippen molar-refractivity contribution in [1.29, 1.82) is 0 Å². The molecule has 0 aromatic heterocycles. The molecule has 130 valence electrons. The predicted molar refractivity (Wildman–Crippen MR) is 89.5 cm³/mol. The molecule has 2 rings (SSSR count). The van der Waals surface area contributed by atoms with E-state index in [-0.39, 0.29) is 5.25 Å². The Balaban J connectivity index is 1.75. The molecule has 5 nitrogen and oxygen atoms in total. The molecule has 1 N–H and O–H groups in total. The molecule has 1 unspecified atom stereocenters. The zero-order chi connectivity index (χ0) is 15.8. The highest BCUT2D eigenvalue weighted by Crippen LogP contribution is 2.32. The summed E-state index contributed by atoms with van der Waals surface area (Å²) in [5, 5.41) is -0.177. The molecule has 0 spiro atoms. The molecule has 6 heteroatoms. The third-order valence-electron chi connectivity index (χ3n) is 4.96. The molecule has 0 amide bonds. The van der Waals surface area contributed by atoms with Crippen molar-refractivity contribution in [2.24, 2.45) is 5.92 Å². The smallest absolute Gasteiger partial charge is 0.214 e. The van der Waals surface area contributed by atoms with Gasteiger partial charge >= 0.3 is 0 Å². The number of sulfonamides is 1. The van der Waals surface area contributed by atoms with Gasteiger partial charge in [0.1, 0.15) is 0 Å². The van der Waals surface area contributed by atoms with Gasteiger partial charge in [0, 0.05) is 19.6 Å². The average Bonchev–Trinajstić information content (AvgIpc) is 3.04. The molecule has 0 aromatic carbocycles.